The van der Waals surface area contributed by atoms with Crippen molar-refractivity contribution in [3.05, 3.63) is 41.7 Å². The zero-order valence-corrected chi connectivity index (χ0v) is 17.4. The highest BCUT2D eigenvalue weighted by Gasteiger charge is 2.33. The molecule has 0 fully saturated rings. The highest BCUT2D eigenvalue weighted by molar-refractivity contribution is 8.14. The molecule has 0 spiro atoms. The number of nitrogens with zero attached hydrogens (tertiary/aromatic N) is 7. The van der Waals surface area contributed by atoms with Gasteiger partial charge in [0, 0.05) is 6.54 Å². The van der Waals surface area contributed by atoms with E-state index in [1.807, 2.05) is 42.2 Å². The van der Waals surface area contributed by atoms with E-state index in [1.54, 1.807) is 11.6 Å². The van der Waals surface area contributed by atoms with E-state index in [0.717, 1.165) is 22.7 Å². The van der Waals surface area contributed by atoms with Gasteiger partial charge in [0.25, 0.3) is 0 Å². The second-order valence-corrected chi connectivity index (χ2v) is 7.69. The predicted octanol–water partition coefficient (Wildman–Crippen LogP) is 2.48. The molecule has 0 bridgehead atoms. The van der Waals surface area contributed by atoms with E-state index in [2.05, 4.69) is 10.1 Å². The topological polar surface area (TPSA) is 97.9 Å². The van der Waals surface area contributed by atoms with Crippen molar-refractivity contribution in [1.82, 2.24) is 24.6 Å². The van der Waals surface area contributed by atoms with Crippen molar-refractivity contribution in [2.24, 2.45) is 9.98 Å². The van der Waals surface area contributed by atoms with Crippen LogP contribution in [0, 0.1) is 6.92 Å². The van der Waals surface area contributed by atoms with Crippen LogP contribution >= 0.6 is 11.8 Å². The minimum Gasteiger partial charge on any atom is -0.465 e. The van der Waals surface area contributed by atoms with Gasteiger partial charge in [-0.3, -0.25) is 9.79 Å². The lowest BCUT2D eigenvalue weighted by Crippen LogP contribution is -2.36. The molecule has 3 aromatic rings. The third kappa shape index (κ3) is 3.13. The standard InChI is InChI=1S/C20H19N7O2S/c1-3-29-14(28)11-30-20-24-17-16(18-21-9-10-26(18)20)22-15-12(2)25-27(19(15)23-17)13-7-5-4-6-8-13/h4-8H,3,9-11H2,1-2H3. The Balaban J connectivity index is 1.60. The summed E-state index contributed by atoms with van der Waals surface area (Å²) in [7, 11) is 0. The van der Waals surface area contributed by atoms with E-state index in [4.69, 9.17) is 19.7 Å². The fourth-order valence-electron chi connectivity index (χ4n) is 3.45. The van der Waals surface area contributed by atoms with E-state index in [0.29, 0.717) is 42.0 Å². The van der Waals surface area contributed by atoms with E-state index in [-0.39, 0.29) is 11.7 Å². The number of benzene rings is 1. The van der Waals surface area contributed by atoms with Gasteiger partial charge in [0.05, 0.1) is 30.3 Å². The maximum Gasteiger partial charge on any atom is 0.316 e. The Bertz CT molecular complexity index is 1200. The first-order chi connectivity index (χ1) is 14.7. The second kappa shape index (κ2) is 7.52. The van der Waals surface area contributed by atoms with Gasteiger partial charge in [0.2, 0.25) is 0 Å². The van der Waals surface area contributed by atoms with E-state index in [1.165, 1.54) is 11.8 Å². The summed E-state index contributed by atoms with van der Waals surface area (Å²) in [6.45, 7) is 5.42. The molecule has 9 nitrogen and oxygen atoms in total. The van der Waals surface area contributed by atoms with Crippen LogP contribution in [-0.4, -0.2) is 67.1 Å². The Kier molecular flexibility index (Phi) is 4.70. The summed E-state index contributed by atoms with van der Waals surface area (Å²) in [6, 6.07) is 9.81. The number of carbonyl (C=O) groups is 1. The third-order valence-corrected chi connectivity index (χ3v) is 5.71. The number of para-hydroxylation sites is 1. The van der Waals surface area contributed by atoms with Gasteiger partial charge < -0.3 is 9.64 Å². The highest BCUT2D eigenvalue weighted by Crippen LogP contribution is 2.32. The van der Waals surface area contributed by atoms with Crippen LogP contribution < -0.4 is 0 Å². The Labute approximate surface area is 176 Å². The van der Waals surface area contributed by atoms with Crippen molar-refractivity contribution < 1.29 is 9.53 Å². The number of ether oxygens (including phenoxy) is 1. The monoisotopic (exact) mass is 421 g/mol. The van der Waals surface area contributed by atoms with Crippen molar-refractivity contribution in [2.75, 3.05) is 25.4 Å². The number of amidine groups is 2. The van der Waals surface area contributed by atoms with Gasteiger partial charge >= 0.3 is 5.97 Å². The van der Waals surface area contributed by atoms with E-state index in [9.17, 15) is 4.79 Å². The van der Waals surface area contributed by atoms with Crippen LogP contribution in [-0.2, 0) is 9.53 Å². The number of aryl methyl sites for hydroxylation is 1. The van der Waals surface area contributed by atoms with Gasteiger partial charge in [-0.2, -0.15) is 5.10 Å². The summed E-state index contributed by atoms with van der Waals surface area (Å²) in [5.41, 5.74) is 3.71. The first-order valence-electron chi connectivity index (χ1n) is 9.68. The molecule has 4 heterocycles. The molecule has 0 saturated carbocycles. The smallest absolute Gasteiger partial charge is 0.316 e. The van der Waals surface area contributed by atoms with Crippen molar-refractivity contribution in [1.29, 1.82) is 0 Å². The summed E-state index contributed by atoms with van der Waals surface area (Å²) in [6.07, 6.45) is 0. The molecule has 0 amide bonds. The van der Waals surface area contributed by atoms with Gasteiger partial charge in [-0.05, 0) is 26.0 Å². The van der Waals surface area contributed by atoms with Crippen molar-refractivity contribution in [3.8, 4) is 5.69 Å². The van der Waals surface area contributed by atoms with Gasteiger partial charge in [-0.1, -0.05) is 30.0 Å². The normalized spacial score (nSPS) is 14.9. The fraction of sp³-hybridized carbons (Fsp3) is 0.300. The van der Waals surface area contributed by atoms with Gasteiger partial charge in [0.15, 0.2) is 28.2 Å². The fourth-order valence-corrected chi connectivity index (χ4v) is 4.27. The highest BCUT2D eigenvalue weighted by atomic mass is 32.2. The number of carbonyl (C=O) groups excluding carboxylic acids is 1. The molecular formula is C20H19N7O2S. The second-order valence-electron chi connectivity index (χ2n) is 6.75. The molecule has 30 heavy (non-hydrogen) atoms. The number of hydrogen-bond acceptors (Lipinski definition) is 9. The number of aliphatic imine (C=N–C) groups is 2. The number of rotatable bonds is 4. The molecule has 1 aromatic carbocycles. The number of aromatic nitrogens is 4. The molecule has 5 rings (SSSR count). The average Bonchev–Trinajstić information content (AvgIpc) is 3.37. The van der Waals surface area contributed by atoms with Gasteiger partial charge in [0.1, 0.15) is 5.52 Å². The first kappa shape index (κ1) is 18.7. The van der Waals surface area contributed by atoms with Crippen molar-refractivity contribution in [3.63, 3.8) is 0 Å². The minimum atomic E-state index is -0.270. The zero-order valence-electron chi connectivity index (χ0n) is 16.6. The van der Waals surface area contributed by atoms with Crippen molar-refractivity contribution in [2.45, 2.75) is 13.8 Å². The Morgan fingerprint density at radius 2 is 2.07 bits per heavy atom. The van der Waals surface area contributed by atoms with Crippen LogP contribution in [0.5, 0.6) is 0 Å². The Hall–Kier alpha value is -3.27. The lowest BCUT2D eigenvalue weighted by Gasteiger charge is -2.25. The molecule has 10 heteroatoms. The molecule has 0 atom stereocenters. The SMILES string of the molecule is CCOC(=O)CSC1=Nc2nc3c(nc2C2=NCCN12)c(C)nn3-c1ccccc1. The summed E-state index contributed by atoms with van der Waals surface area (Å²) in [5.74, 6) is 1.14. The number of fused-ring (bicyclic) bond motifs is 4. The van der Waals surface area contributed by atoms with Crippen LogP contribution in [0.15, 0.2) is 40.3 Å². The molecule has 2 aliphatic heterocycles. The third-order valence-electron chi connectivity index (χ3n) is 4.76. The summed E-state index contributed by atoms with van der Waals surface area (Å²) >= 11 is 1.33. The van der Waals surface area contributed by atoms with Crippen LogP contribution in [0.1, 0.15) is 18.3 Å². The van der Waals surface area contributed by atoms with Crippen LogP contribution in [0.4, 0.5) is 5.82 Å². The lowest BCUT2D eigenvalue weighted by atomic mass is 10.3. The molecule has 0 saturated heterocycles. The van der Waals surface area contributed by atoms with E-state index < -0.39 is 0 Å². The van der Waals surface area contributed by atoms with Gasteiger partial charge in [-0.25, -0.2) is 19.6 Å². The van der Waals surface area contributed by atoms with Crippen molar-refractivity contribution >= 4 is 45.7 Å². The van der Waals surface area contributed by atoms with Crippen LogP contribution in [0.25, 0.3) is 16.9 Å². The molecule has 0 N–H and O–H groups in total. The molecule has 2 aromatic heterocycles. The Morgan fingerprint density at radius 1 is 1.23 bits per heavy atom. The maximum atomic E-state index is 11.8. The minimum absolute atomic E-state index is 0.183. The summed E-state index contributed by atoms with van der Waals surface area (Å²) < 4.78 is 6.82. The predicted molar refractivity (Wildman–Crippen MR) is 116 cm³/mol. The first-order valence-corrected chi connectivity index (χ1v) is 10.7. The molecular weight excluding hydrogens is 402 g/mol. The molecule has 0 radical (unpaired) electrons. The quantitative estimate of drug-likeness (QED) is 0.597. The number of hydrogen-bond donors (Lipinski definition) is 0. The summed E-state index contributed by atoms with van der Waals surface area (Å²) in [5, 5.41) is 5.32. The largest absolute Gasteiger partial charge is 0.465 e. The summed E-state index contributed by atoms with van der Waals surface area (Å²) in [4.78, 5) is 32.8. The number of thioether (sulfide) groups is 1. The molecule has 152 valence electrons. The maximum absolute atomic E-state index is 11.8. The van der Waals surface area contributed by atoms with E-state index >= 15 is 0 Å². The molecule has 2 aliphatic rings. The molecule has 0 unspecified atom stereocenters. The average molecular weight is 421 g/mol. The zero-order chi connectivity index (χ0) is 20.7. The Morgan fingerprint density at radius 3 is 2.87 bits per heavy atom. The van der Waals surface area contributed by atoms with Crippen LogP contribution in [0.2, 0.25) is 0 Å². The molecule has 0 aliphatic carbocycles. The lowest BCUT2D eigenvalue weighted by molar-refractivity contribution is -0.139. The van der Waals surface area contributed by atoms with Crippen LogP contribution in [0.3, 0.4) is 0 Å². The number of esters is 1. The van der Waals surface area contributed by atoms with Gasteiger partial charge in [-0.15, -0.1) is 0 Å².